The summed E-state index contributed by atoms with van der Waals surface area (Å²) in [6, 6.07) is 10.3. The van der Waals surface area contributed by atoms with Crippen LogP contribution in [0, 0.1) is 0 Å². The molecule has 2 aromatic rings. The van der Waals surface area contributed by atoms with Gasteiger partial charge in [-0.05, 0) is 35.4 Å². The molecular weight excluding hydrogens is 336 g/mol. The van der Waals surface area contributed by atoms with Crippen LogP contribution in [0.2, 0.25) is 0 Å². The molecule has 0 aromatic heterocycles. The molecule has 0 heterocycles. The number of aliphatic hydroxyl groups excluding tert-OH is 1. The normalized spacial score (nSPS) is 12.8. The number of methoxy groups -OCH3 is 4. The molecule has 0 bridgehead atoms. The Balaban J connectivity index is 2.35. The first-order valence-corrected chi connectivity index (χ1v) is 8.13. The van der Waals surface area contributed by atoms with Crippen molar-refractivity contribution in [2.45, 2.75) is 18.9 Å². The summed E-state index contributed by atoms with van der Waals surface area (Å²) in [4.78, 5) is 11.7. The van der Waals surface area contributed by atoms with Crippen LogP contribution < -0.4 is 14.2 Å². The first-order chi connectivity index (χ1) is 12.5. The van der Waals surface area contributed by atoms with Crippen LogP contribution >= 0.6 is 0 Å². The van der Waals surface area contributed by atoms with Gasteiger partial charge in [0, 0.05) is 5.92 Å². The summed E-state index contributed by atoms with van der Waals surface area (Å²) in [6.07, 6.45) is -0.798. The van der Waals surface area contributed by atoms with Crippen molar-refractivity contribution in [3.8, 4) is 17.2 Å². The van der Waals surface area contributed by atoms with Gasteiger partial charge in [-0.25, -0.2) is 4.79 Å². The van der Waals surface area contributed by atoms with Crippen molar-refractivity contribution >= 4 is 5.97 Å². The van der Waals surface area contributed by atoms with Gasteiger partial charge in [0.1, 0.15) is 5.75 Å². The Hall–Kier alpha value is -2.73. The summed E-state index contributed by atoms with van der Waals surface area (Å²) < 4.78 is 20.7. The largest absolute Gasteiger partial charge is 0.496 e. The fourth-order valence-electron chi connectivity index (χ4n) is 2.83. The van der Waals surface area contributed by atoms with E-state index in [1.807, 2.05) is 6.92 Å². The third-order valence-corrected chi connectivity index (χ3v) is 4.37. The van der Waals surface area contributed by atoms with Gasteiger partial charge in [0.2, 0.25) is 0 Å². The van der Waals surface area contributed by atoms with E-state index in [0.717, 1.165) is 5.56 Å². The molecule has 0 aliphatic heterocycles. The van der Waals surface area contributed by atoms with Gasteiger partial charge >= 0.3 is 5.97 Å². The number of rotatable bonds is 7. The monoisotopic (exact) mass is 360 g/mol. The fourth-order valence-corrected chi connectivity index (χ4v) is 2.83. The second-order valence-corrected chi connectivity index (χ2v) is 5.80. The molecule has 0 saturated carbocycles. The zero-order chi connectivity index (χ0) is 19.3. The number of esters is 1. The summed E-state index contributed by atoms with van der Waals surface area (Å²) in [5.74, 6) is 0.929. The molecule has 2 atom stereocenters. The van der Waals surface area contributed by atoms with Crippen molar-refractivity contribution in [2.24, 2.45) is 0 Å². The molecule has 0 radical (unpaired) electrons. The predicted octanol–water partition coefficient (Wildman–Crippen LogP) is 3.34. The minimum atomic E-state index is -0.798. The Kier molecular flexibility index (Phi) is 6.46. The third kappa shape index (κ3) is 3.91. The van der Waals surface area contributed by atoms with E-state index in [2.05, 4.69) is 0 Å². The summed E-state index contributed by atoms with van der Waals surface area (Å²) in [5, 5.41) is 10.8. The lowest BCUT2D eigenvalue weighted by molar-refractivity contribution is 0.0600. The quantitative estimate of drug-likeness (QED) is 0.764. The van der Waals surface area contributed by atoms with Gasteiger partial charge in [0.15, 0.2) is 11.5 Å². The molecule has 0 saturated heterocycles. The lowest BCUT2D eigenvalue weighted by Gasteiger charge is -2.23. The maximum absolute atomic E-state index is 11.7. The number of benzene rings is 2. The third-order valence-electron chi connectivity index (χ3n) is 4.37. The Labute approximate surface area is 153 Å². The molecule has 140 valence electrons. The van der Waals surface area contributed by atoms with Gasteiger partial charge in [0.05, 0.1) is 40.1 Å². The van der Waals surface area contributed by atoms with E-state index < -0.39 is 12.1 Å². The molecule has 0 unspecified atom stereocenters. The van der Waals surface area contributed by atoms with E-state index in [-0.39, 0.29) is 5.92 Å². The summed E-state index contributed by atoms with van der Waals surface area (Å²) in [6.45, 7) is 1.89. The maximum atomic E-state index is 11.7. The average molecular weight is 360 g/mol. The maximum Gasteiger partial charge on any atom is 0.337 e. The predicted molar refractivity (Wildman–Crippen MR) is 97.3 cm³/mol. The number of carbonyl (C=O) groups excluding carboxylic acids is 1. The molecule has 0 fully saturated rings. The van der Waals surface area contributed by atoms with Crippen molar-refractivity contribution in [3.05, 3.63) is 53.1 Å². The molecule has 0 aliphatic carbocycles. The Bertz CT molecular complexity index is 771. The van der Waals surface area contributed by atoms with Crippen LogP contribution in [0.1, 0.15) is 40.4 Å². The first kappa shape index (κ1) is 19.6. The van der Waals surface area contributed by atoms with Crippen molar-refractivity contribution in [2.75, 3.05) is 28.4 Å². The van der Waals surface area contributed by atoms with E-state index in [4.69, 9.17) is 18.9 Å². The highest BCUT2D eigenvalue weighted by atomic mass is 16.5. The van der Waals surface area contributed by atoms with Gasteiger partial charge in [-0.1, -0.05) is 19.1 Å². The van der Waals surface area contributed by atoms with Crippen LogP contribution in [-0.2, 0) is 4.74 Å². The number of carbonyl (C=O) groups is 1. The first-order valence-electron chi connectivity index (χ1n) is 8.13. The number of hydrogen-bond donors (Lipinski definition) is 1. The Morgan fingerprint density at radius 2 is 1.54 bits per heavy atom. The molecule has 2 aromatic carbocycles. The van der Waals surface area contributed by atoms with Crippen molar-refractivity contribution in [3.63, 3.8) is 0 Å². The van der Waals surface area contributed by atoms with Gasteiger partial charge < -0.3 is 24.1 Å². The van der Waals surface area contributed by atoms with Gasteiger partial charge in [0.25, 0.3) is 0 Å². The van der Waals surface area contributed by atoms with Crippen molar-refractivity contribution < 1.29 is 28.8 Å². The molecule has 0 aliphatic rings. The minimum absolute atomic E-state index is 0.283. The highest BCUT2D eigenvalue weighted by molar-refractivity contribution is 5.90. The van der Waals surface area contributed by atoms with Crippen LogP contribution in [0.15, 0.2) is 36.4 Å². The van der Waals surface area contributed by atoms with E-state index in [0.29, 0.717) is 28.4 Å². The van der Waals surface area contributed by atoms with E-state index in [9.17, 15) is 9.90 Å². The topological polar surface area (TPSA) is 74.2 Å². The summed E-state index contributed by atoms with van der Waals surface area (Å²) in [7, 11) is 5.96. The van der Waals surface area contributed by atoms with Crippen LogP contribution in [-0.4, -0.2) is 39.5 Å². The highest BCUT2D eigenvalue weighted by Crippen LogP contribution is 2.38. The van der Waals surface area contributed by atoms with E-state index in [1.165, 1.54) is 14.2 Å². The highest BCUT2D eigenvalue weighted by Gasteiger charge is 2.23. The smallest absolute Gasteiger partial charge is 0.337 e. The van der Waals surface area contributed by atoms with E-state index >= 15 is 0 Å². The second kappa shape index (κ2) is 8.58. The van der Waals surface area contributed by atoms with Crippen LogP contribution in [0.4, 0.5) is 0 Å². The Morgan fingerprint density at radius 3 is 2.12 bits per heavy atom. The second-order valence-electron chi connectivity index (χ2n) is 5.80. The van der Waals surface area contributed by atoms with E-state index in [1.54, 1.807) is 50.6 Å². The Morgan fingerprint density at radius 1 is 0.885 bits per heavy atom. The zero-order valence-corrected chi connectivity index (χ0v) is 15.6. The average Bonchev–Trinajstić information content (AvgIpc) is 2.70. The van der Waals surface area contributed by atoms with Gasteiger partial charge in [-0.3, -0.25) is 0 Å². The number of hydrogen-bond acceptors (Lipinski definition) is 6. The van der Waals surface area contributed by atoms with Crippen molar-refractivity contribution in [1.29, 1.82) is 0 Å². The van der Waals surface area contributed by atoms with Crippen LogP contribution in [0.25, 0.3) is 0 Å². The van der Waals surface area contributed by atoms with Gasteiger partial charge in [-0.2, -0.15) is 0 Å². The standard InChI is InChI=1S/C20H24O6/c1-12(15-8-6-14(20(22)26-5)11-17(15)24-3)19(21)13-7-9-16(23-2)18(10-13)25-4/h6-12,19,21H,1-5H3/t12-,19-/m0/s1. The van der Waals surface area contributed by atoms with Crippen LogP contribution in [0.3, 0.4) is 0 Å². The molecule has 0 spiro atoms. The molecule has 6 heteroatoms. The molecule has 2 rings (SSSR count). The number of aliphatic hydroxyl groups is 1. The minimum Gasteiger partial charge on any atom is -0.496 e. The molecule has 1 N–H and O–H groups in total. The van der Waals surface area contributed by atoms with Gasteiger partial charge in [-0.15, -0.1) is 0 Å². The SMILES string of the molecule is COC(=O)c1ccc([C@H](C)[C@H](O)c2ccc(OC)c(OC)c2)c(OC)c1. The molecule has 6 nitrogen and oxygen atoms in total. The summed E-state index contributed by atoms with van der Waals surface area (Å²) in [5.41, 5.74) is 1.86. The lowest BCUT2D eigenvalue weighted by atomic mass is 9.89. The zero-order valence-electron chi connectivity index (χ0n) is 15.6. The fraction of sp³-hybridized carbons (Fsp3) is 0.350. The molecule has 26 heavy (non-hydrogen) atoms. The van der Waals surface area contributed by atoms with Crippen molar-refractivity contribution in [1.82, 2.24) is 0 Å². The molecule has 0 amide bonds. The summed E-state index contributed by atoms with van der Waals surface area (Å²) >= 11 is 0. The van der Waals surface area contributed by atoms with Crippen LogP contribution in [0.5, 0.6) is 17.2 Å². The lowest BCUT2D eigenvalue weighted by Crippen LogP contribution is -2.10. The molecular formula is C20H24O6. The number of ether oxygens (including phenoxy) is 4.